The lowest BCUT2D eigenvalue weighted by Gasteiger charge is -2.39. The molecule has 2 aromatic heterocycles. The number of hydrogen-bond donors (Lipinski definition) is 1. The number of aromatic amines is 1. The van der Waals surface area contributed by atoms with Crippen molar-refractivity contribution in [3.63, 3.8) is 0 Å². The first kappa shape index (κ1) is 22.6. The van der Waals surface area contributed by atoms with Gasteiger partial charge in [-0.25, -0.2) is 15.0 Å². The number of nitrogens with zero attached hydrogens (tertiary/aromatic N) is 4. The first-order valence-corrected chi connectivity index (χ1v) is 10.7. The maximum absolute atomic E-state index is 3.91. The summed E-state index contributed by atoms with van der Waals surface area (Å²) in [5.74, 6) is 0. The number of quaternary nitrogens is 1. The number of H-pyrrole nitrogens is 1. The van der Waals surface area contributed by atoms with Gasteiger partial charge in [0.25, 0.3) is 0 Å². The van der Waals surface area contributed by atoms with Crippen LogP contribution in [0, 0.1) is 0 Å². The summed E-state index contributed by atoms with van der Waals surface area (Å²) in [6.45, 7) is 15.0. The number of fused-ring (bicyclic) bond motifs is 1. The van der Waals surface area contributed by atoms with Crippen LogP contribution in [0.15, 0.2) is 18.9 Å². The molecule has 0 spiro atoms. The Morgan fingerprint density at radius 2 is 1.27 bits per heavy atom. The summed E-state index contributed by atoms with van der Waals surface area (Å²) in [4.78, 5) is 14.5. The average Bonchev–Trinajstić information content (AvgIpc) is 3.16. The van der Waals surface area contributed by atoms with Crippen molar-refractivity contribution < 1.29 is 4.48 Å². The van der Waals surface area contributed by atoms with Crippen LogP contribution >= 0.6 is 0 Å². The minimum absolute atomic E-state index is 0.713. The van der Waals surface area contributed by atoms with Crippen LogP contribution in [0.25, 0.3) is 11.2 Å². The zero-order valence-corrected chi connectivity index (χ0v) is 17.5. The highest BCUT2D eigenvalue weighted by molar-refractivity contribution is 5.67. The van der Waals surface area contributed by atoms with Gasteiger partial charge in [0.05, 0.1) is 38.7 Å². The molecule has 0 atom stereocenters. The average molecular weight is 363 g/mol. The minimum Gasteiger partial charge on any atom is -0.342 e. The number of unbranched alkanes of at least 4 members (excludes halogenated alkanes) is 4. The predicted molar refractivity (Wildman–Crippen MR) is 111 cm³/mol. The predicted octanol–water partition coefficient (Wildman–Crippen LogP) is 5.36. The Morgan fingerprint density at radius 3 is 1.69 bits per heavy atom. The van der Waals surface area contributed by atoms with E-state index in [1.165, 1.54) is 88.4 Å². The van der Waals surface area contributed by atoms with Crippen molar-refractivity contribution in [1.29, 1.82) is 0 Å². The summed E-state index contributed by atoms with van der Waals surface area (Å²) >= 11 is 0. The molecule has 0 aliphatic rings. The highest BCUT2D eigenvalue weighted by atomic mass is 15.3. The molecule has 0 saturated heterocycles. The Hall–Kier alpha value is -1.49. The van der Waals surface area contributed by atoms with Crippen LogP contribution in [0.3, 0.4) is 0 Å². The fraction of sp³-hybridized carbons (Fsp3) is 0.762. The van der Waals surface area contributed by atoms with E-state index in [-0.39, 0.29) is 0 Å². The van der Waals surface area contributed by atoms with Crippen molar-refractivity contribution in [3.8, 4) is 0 Å². The fourth-order valence-electron chi connectivity index (χ4n) is 3.34. The number of rotatable bonds is 12. The van der Waals surface area contributed by atoms with Crippen LogP contribution in [0.4, 0.5) is 0 Å². The molecule has 5 nitrogen and oxygen atoms in total. The van der Waals surface area contributed by atoms with Crippen LogP contribution in [-0.2, 0) is 0 Å². The zero-order valence-electron chi connectivity index (χ0n) is 17.5. The Morgan fingerprint density at radius 1 is 0.769 bits per heavy atom. The molecule has 5 heteroatoms. The number of hydrogen-bond acceptors (Lipinski definition) is 3. The Labute approximate surface area is 160 Å². The van der Waals surface area contributed by atoms with Gasteiger partial charge in [0.1, 0.15) is 11.8 Å². The summed E-state index contributed by atoms with van der Waals surface area (Å²) < 4.78 is 1.42. The second-order valence-corrected chi connectivity index (χ2v) is 7.31. The summed E-state index contributed by atoms with van der Waals surface area (Å²) in [6, 6.07) is 0. The Kier molecular flexibility index (Phi) is 11.9. The quantitative estimate of drug-likeness (QED) is 0.517. The van der Waals surface area contributed by atoms with E-state index in [0.29, 0.717) is 5.65 Å². The first-order chi connectivity index (χ1) is 12.7. The lowest BCUT2D eigenvalue weighted by Crippen LogP contribution is -2.50. The molecule has 0 amide bonds. The SMILES string of the molecule is CCCC[N+](CCCC)(CCCC)CCCC.c1ncc2[nH]cnc2n1. The molecule has 0 unspecified atom stereocenters. The fourth-order valence-corrected chi connectivity index (χ4v) is 3.34. The second-order valence-electron chi connectivity index (χ2n) is 7.31. The van der Waals surface area contributed by atoms with E-state index >= 15 is 0 Å². The monoisotopic (exact) mass is 362 g/mol. The van der Waals surface area contributed by atoms with E-state index in [1.54, 1.807) is 12.5 Å². The molecule has 2 heterocycles. The molecule has 2 rings (SSSR count). The van der Waals surface area contributed by atoms with Crippen molar-refractivity contribution in [3.05, 3.63) is 18.9 Å². The van der Waals surface area contributed by atoms with E-state index < -0.39 is 0 Å². The molecular formula is C21H40N5+. The molecule has 0 aliphatic heterocycles. The largest absolute Gasteiger partial charge is 0.342 e. The minimum atomic E-state index is 0.713. The number of aromatic nitrogens is 4. The standard InChI is InChI=1S/C16H36N.C5H4N4/c1-5-9-13-17(14-10-6-2,15-11-7-3)16-12-8-4;1-4-5(8-2-6-1)9-3-7-4/h5-16H2,1-4H3;1-3H,(H,6,7,8,9)/q+1;. The molecule has 1 N–H and O–H groups in total. The molecule has 26 heavy (non-hydrogen) atoms. The van der Waals surface area contributed by atoms with Crippen LogP contribution < -0.4 is 0 Å². The molecule has 0 aliphatic carbocycles. The van der Waals surface area contributed by atoms with Gasteiger partial charge < -0.3 is 9.47 Å². The van der Waals surface area contributed by atoms with Crippen molar-refractivity contribution in [2.75, 3.05) is 26.2 Å². The molecule has 0 radical (unpaired) electrons. The molecule has 0 aromatic carbocycles. The lowest BCUT2D eigenvalue weighted by atomic mass is 10.1. The van der Waals surface area contributed by atoms with Crippen molar-refractivity contribution in [1.82, 2.24) is 19.9 Å². The van der Waals surface area contributed by atoms with Gasteiger partial charge in [-0.15, -0.1) is 0 Å². The van der Waals surface area contributed by atoms with Gasteiger partial charge in [0, 0.05) is 0 Å². The summed E-state index contributed by atoms with van der Waals surface area (Å²) in [5.41, 5.74) is 1.59. The Bertz CT molecular complexity index is 499. The summed E-state index contributed by atoms with van der Waals surface area (Å²) in [5, 5.41) is 0. The first-order valence-electron chi connectivity index (χ1n) is 10.7. The third kappa shape index (κ3) is 8.26. The van der Waals surface area contributed by atoms with Crippen LogP contribution in [0.5, 0.6) is 0 Å². The third-order valence-electron chi connectivity index (χ3n) is 5.04. The topological polar surface area (TPSA) is 54.5 Å². The van der Waals surface area contributed by atoms with Crippen molar-refractivity contribution >= 4 is 11.2 Å². The normalized spacial score (nSPS) is 11.4. The molecule has 148 valence electrons. The second kappa shape index (κ2) is 13.7. The highest BCUT2D eigenvalue weighted by Gasteiger charge is 2.24. The smallest absolute Gasteiger partial charge is 0.180 e. The van der Waals surface area contributed by atoms with E-state index in [9.17, 15) is 0 Å². The van der Waals surface area contributed by atoms with Crippen LogP contribution in [-0.4, -0.2) is 50.6 Å². The van der Waals surface area contributed by atoms with E-state index in [1.807, 2.05) is 0 Å². The van der Waals surface area contributed by atoms with E-state index in [2.05, 4.69) is 47.6 Å². The van der Waals surface area contributed by atoms with Gasteiger partial charge in [0.2, 0.25) is 0 Å². The summed E-state index contributed by atoms with van der Waals surface area (Å²) in [6.07, 6.45) is 15.8. The van der Waals surface area contributed by atoms with Crippen LogP contribution in [0.1, 0.15) is 79.1 Å². The summed E-state index contributed by atoms with van der Waals surface area (Å²) in [7, 11) is 0. The van der Waals surface area contributed by atoms with Gasteiger partial charge >= 0.3 is 0 Å². The van der Waals surface area contributed by atoms with Gasteiger partial charge in [-0.2, -0.15) is 0 Å². The van der Waals surface area contributed by atoms with Crippen LogP contribution in [0.2, 0.25) is 0 Å². The maximum atomic E-state index is 3.91. The number of nitrogens with one attached hydrogen (secondary N) is 1. The Balaban J connectivity index is 0.000000308. The molecule has 0 bridgehead atoms. The lowest BCUT2D eigenvalue weighted by molar-refractivity contribution is -0.929. The molecule has 0 saturated carbocycles. The molecule has 0 fully saturated rings. The van der Waals surface area contributed by atoms with E-state index in [0.717, 1.165) is 5.52 Å². The molecular weight excluding hydrogens is 322 g/mol. The van der Waals surface area contributed by atoms with E-state index in [4.69, 9.17) is 0 Å². The van der Waals surface area contributed by atoms with Gasteiger partial charge in [-0.1, -0.05) is 53.4 Å². The third-order valence-corrected chi connectivity index (χ3v) is 5.04. The maximum Gasteiger partial charge on any atom is 0.180 e. The molecule has 2 aromatic rings. The zero-order chi connectivity index (χ0) is 19.1. The number of imidazole rings is 1. The van der Waals surface area contributed by atoms with Gasteiger partial charge in [0.15, 0.2) is 5.65 Å². The van der Waals surface area contributed by atoms with Gasteiger partial charge in [-0.3, -0.25) is 0 Å². The highest BCUT2D eigenvalue weighted by Crippen LogP contribution is 2.16. The van der Waals surface area contributed by atoms with Crippen molar-refractivity contribution in [2.24, 2.45) is 0 Å². The van der Waals surface area contributed by atoms with Crippen molar-refractivity contribution in [2.45, 2.75) is 79.1 Å². The van der Waals surface area contributed by atoms with Gasteiger partial charge in [-0.05, 0) is 25.7 Å².